The lowest BCUT2D eigenvalue weighted by Gasteiger charge is -2.34. The average Bonchev–Trinajstić information content (AvgIpc) is 3.30. The van der Waals surface area contributed by atoms with Crippen molar-refractivity contribution in [2.75, 3.05) is 39.6 Å². The Labute approximate surface area is 184 Å². The molecule has 0 saturated carbocycles. The number of benzene rings is 2. The van der Waals surface area contributed by atoms with E-state index in [0.717, 1.165) is 36.7 Å². The molecule has 2 aliphatic heterocycles. The fourth-order valence-corrected chi connectivity index (χ4v) is 3.91. The van der Waals surface area contributed by atoms with Crippen molar-refractivity contribution in [1.82, 2.24) is 19.8 Å². The van der Waals surface area contributed by atoms with Gasteiger partial charge >= 0.3 is 5.97 Å². The van der Waals surface area contributed by atoms with Crippen molar-refractivity contribution in [1.29, 1.82) is 0 Å². The molecule has 164 valence electrons. The molecule has 5 rings (SSSR count). The first-order valence-electron chi connectivity index (χ1n) is 10.4. The Bertz CT molecular complexity index is 1150. The number of amides is 1. The van der Waals surface area contributed by atoms with Crippen LogP contribution in [-0.4, -0.2) is 71.2 Å². The fourth-order valence-electron chi connectivity index (χ4n) is 3.91. The van der Waals surface area contributed by atoms with E-state index >= 15 is 0 Å². The normalized spacial score (nSPS) is 15.7. The molecule has 2 aromatic carbocycles. The van der Waals surface area contributed by atoms with Gasteiger partial charge in [0, 0.05) is 45.1 Å². The zero-order chi connectivity index (χ0) is 21.9. The van der Waals surface area contributed by atoms with Crippen LogP contribution in [0.1, 0.15) is 15.9 Å². The van der Waals surface area contributed by atoms with Crippen LogP contribution in [0.4, 0.5) is 0 Å². The lowest BCUT2D eigenvalue weighted by Crippen LogP contribution is -2.49. The Morgan fingerprint density at radius 1 is 0.969 bits per heavy atom. The van der Waals surface area contributed by atoms with E-state index in [1.165, 1.54) is 6.20 Å². The van der Waals surface area contributed by atoms with Crippen molar-refractivity contribution in [3.63, 3.8) is 0 Å². The van der Waals surface area contributed by atoms with Gasteiger partial charge in [-0.2, -0.15) is 0 Å². The Balaban J connectivity index is 1.12. The SMILES string of the molecule is O=C(OCC(=O)N1CCN(Cc2ccc3c(c2)OCO3)CC1)c1cccc2nccnc12. The van der Waals surface area contributed by atoms with Gasteiger partial charge in [0.1, 0.15) is 5.52 Å². The van der Waals surface area contributed by atoms with Gasteiger partial charge in [0.15, 0.2) is 18.1 Å². The van der Waals surface area contributed by atoms with Crippen molar-refractivity contribution in [3.05, 3.63) is 59.9 Å². The molecular weight excluding hydrogens is 412 g/mol. The van der Waals surface area contributed by atoms with Crippen LogP contribution >= 0.6 is 0 Å². The molecule has 1 fully saturated rings. The van der Waals surface area contributed by atoms with Crippen molar-refractivity contribution in [3.8, 4) is 11.5 Å². The number of nitrogens with zero attached hydrogens (tertiary/aromatic N) is 4. The molecule has 9 nitrogen and oxygen atoms in total. The van der Waals surface area contributed by atoms with Crippen LogP contribution < -0.4 is 9.47 Å². The average molecular weight is 434 g/mol. The van der Waals surface area contributed by atoms with Gasteiger partial charge in [0.25, 0.3) is 5.91 Å². The fraction of sp³-hybridized carbons (Fsp3) is 0.304. The third kappa shape index (κ3) is 4.19. The molecule has 0 radical (unpaired) electrons. The van der Waals surface area contributed by atoms with E-state index in [9.17, 15) is 9.59 Å². The molecule has 9 heteroatoms. The zero-order valence-electron chi connectivity index (χ0n) is 17.4. The highest BCUT2D eigenvalue weighted by Gasteiger charge is 2.23. The maximum absolute atomic E-state index is 12.6. The van der Waals surface area contributed by atoms with Gasteiger partial charge in [-0.1, -0.05) is 12.1 Å². The molecule has 0 N–H and O–H groups in total. The predicted molar refractivity (Wildman–Crippen MR) is 114 cm³/mol. The highest BCUT2D eigenvalue weighted by Crippen LogP contribution is 2.32. The smallest absolute Gasteiger partial charge is 0.340 e. The van der Waals surface area contributed by atoms with Crippen LogP contribution in [0.3, 0.4) is 0 Å². The summed E-state index contributed by atoms with van der Waals surface area (Å²) >= 11 is 0. The largest absolute Gasteiger partial charge is 0.454 e. The van der Waals surface area contributed by atoms with Gasteiger partial charge in [-0.05, 0) is 29.8 Å². The second kappa shape index (κ2) is 8.80. The molecule has 0 bridgehead atoms. The zero-order valence-corrected chi connectivity index (χ0v) is 17.4. The number of aromatic nitrogens is 2. The van der Waals surface area contributed by atoms with E-state index in [4.69, 9.17) is 14.2 Å². The maximum atomic E-state index is 12.6. The van der Waals surface area contributed by atoms with Gasteiger partial charge in [-0.15, -0.1) is 0 Å². The number of hydrogen-bond donors (Lipinski definition) is 0. The summed E-state index contributed by atoms with van der Waals surface area (Å²) in [4.78, 5) is 37.4. The molecule has 1 saturated heterocycles. The third-order valence-corrected chi connectivity index (χ3v) is 5.61. The molecule has 3 aromatic rings. The van der Waals surface area contributed by atoms with Crippen LogP contribution in [0.15, 0.2) is 48.8 Å². The number of para-hydroxylation sites is 1. The topological polar surface area (TPSA) is 94.1 Å². The summed E-state index contributed by atoms with van der Waals surface area (Å²) in [6.07, 6.45) is 3.08. The van der Waals surface area contributed by atoms with Gasteiger partial charge < -0.3 is 19.1 Å². The molecule has 0 unspecified atom stereocenters. The molecule has 3 heterocycles. The summed E-state index contributed by atoms with van der Waals surface area (Å²) in [6, 6.07) is 11.1. The molecule has 32 heavy (non-hydrogen) atoms. The minimum atomic E-state index is -0.578. The first-order chi connectivity index (χ1) is 15.7. The van der Waals surface area contributed by atoms with E-state index in [1.54, 1.807) is 29.3 Å². The number of piperazine rings is 1. The van der Waals surface area contributed by atoms with E-state index in [0.29, 0.717) is 29.7 Å². The molecule has 1 amide bonds. The number of carbonyl (C=O) groups excluding carboxylic acids is 2. The van der Waals surface area contributed by atoms with Crippen LogP contribution in [0, 0.1) is 0 Å². The second-order valence-corrected chi connectivity index (χ2v) is 7.65. The monoisotopic (exact) mass is 434 g/mol. The second-order valence-electron chi connectivity index (χ2n) is 7.65. The van der Waals surface area contributed by atoms with Crippen LogP contribution in [0.2, 0.25) is 0 Å². The van der Waals surface area contributed by atoms with Gasteiger partial charge in [-0.25, -0.2) is 4.79 Å². The standard InChI is InChI=1S/C23H22N4O5/c28-21(14-30-23(29)17-2-1-3-18-22(17)25-7-6-24-18)27-10-8-26(9-11-27)13-16-4-5-19-20(12-16)32-15-31-19/h1-7,12H,8-11,13-15H2. The lowest BCUT2D eigenvalue weighted by atomic mass is 10.1. The summed E-state index contributed by atoms with van der Waals surface area (Å²) in [5.41, 5.74) is 2.51. The number of hydrogen-bond acceptors (Lipinski definition) is 8. The highest BCUT2D eigenvalue weighted by molar-refractivity contribution is 6.02. The highest BCUT2D eigenvalue weighted by atomic mass is 16.7. The molecule has 0 spiro atoms. The summed E-state index contributed by atoms with van der Waals surface area (Å²) < 4.78 is 16.1. The Morgan fingerprint density at radius 3 is 2.66 bits per heavy atom. The third-order valence-electron chi connectivity index (χ3n) is 5.61. The maximum Gasteiger partial charge on any atom is 0.340 e. The van der Waals surface area contributed by atoms with Crippen molar-refractivity contribution in [2.45, 2.75) is 6.54 Å². The molecule has 0 aliphatic carbocycles. The van der Waals surface area contributed by atoms with Crippen molar-refractivity contribution >= 4 is 22.9 Å². The van der Waals surface area contributed by atoms with Crippen LogP contribution in [0.5, 0.6) is 11.5 Å². The number of esters is 1. The quantitative estimate of drug-likeness (QED) is 0.562. The van der Waals surface area contributed by atoms with E-state index in [2.05, 4.69) is 14.9 Å². The van der Waals surface area contributed by atoms with E-state index < -0.39 is 5.97 Å². The molecule has 1 aromatic heterocycles. The summed E-state index contributed by atoms with van der Waals surface area (Å²) in [5, 5.41) is 0. The summed E-state index contributed by atoms with van der Waals surface area (Å²) in [7, 11) is 0. The first-order valence-corrected chi connectivity index (χ1v) is 10.4. The Hall–Kier alpha value is -3.72. The van der Waals surface area contributed by atoms with Gasteiger partial charge in [0.2, 0.25) is 6.79 Å². The van der Waals surface area contributed by atoms with Crippen molar-refractivity contribution < 1.29 is 23.8 Å². The predicted octanol–water partition coefficient (Wildman–Crippen LogP) is 1.86. The summed E-state index contributed by atoms with van der Waals surface area (Å²) in [5.74, 6) is 0.767. The van der Waals surface area contributed by atoms with Gasteiger partial charge in [0.05, 0.1) is 11.1 Å². The first kappa shape index (κ1) is 20.2. The number of rotatable bonds is 5. The van der Waals surface area contributed by atoms with E-state index in [-0.39, 0.29) is 19.3 Å². The number of fused-ring (bicyclic) bond motifs is 2. The van der Waals surface area contributed by atoms with Crippen LogP contribution in [-0.2, 0) is 16.1 Å². The Morgan fingerprint density at radius 2 is 1.78 bits per heavy atom. The lowest BCUT2D eigenvalue weighted by molar-refractivity contribution is -0.136. The number of carbonyl (C=O) groups is 2. The molecule has 2 aliphatic rings. The molecular formula is C23H22N4O5. The van der Waals surface area contributed by atoms with Crippen LogP contribution in [0.25, 0.3) is 11.0 Å². The minimum Gasteiger partial charge on any atom is -0.454 e. The Kier molecular flexibility index (Phi) is 5.55. The molecule has 0 atom stereocenters. The number of ether oxygens (including phenoxy) is 3. The van der Waals surface area contributed by atoms with Crippen molar-refractivity contribution in [2.24, 2.45) is 0 Å². The van der Waals surface area contributed by atoms with E-state index in [1.807, 2.05) is 18.2 Å². The minimum absolute atomic E-state index is 0.201. The van der Waals surface area contributed by atoms with Gasteiger partial charge in [-0.3, -0.25) is 19.7 Å². The summed E-state index contributed by atoms with van der Waals surface area (Å²) in [6.45, 7) is 3.40.